The third-order valence-electron chi connectivity index (χ3n) is 1.72. The summed E-state index contributed by atoms with van der Waals surface area (Å²) in [7, 11) is 0. The summed E-state index contributed by atoms with van der Waals surface area (Å²) in [5, 5.41) is 20.6. The first kappa shape index (κ1) is 11.2. The molecule has 1 rings (SSSR count). The van der Waals surface area contributed by atoms with Crippen LogP contribution >= 0.6 is 11.8 Å². The Balaban J connectivity index is 2.49. The van der Waals surface area contributed by atoms with Crippen LogP contribution in [0, 0.1) is 0 Å². The summed E-state index contributed by atoms with van der Waals surface area (Å²) in [6, 6.07) is 0. The van der Waals surface area contributed by atoms with Gasteiger partial charge in [0.2, 0.25) is 5.16 Å². The number of tetrazole rings is 1. The van der Waals surface area contributed by atoms with Gasteiger partial charge in [0.1, 0.15) is 0 Å². The maximum atomic E-state index is 8.74. The van der Waals surface area contributed by atoms with Gasteiger partial charge in [0.25, 0.3) is 0 Å². The van der Waals surface area contributed by atoms with Crippen LogP contribution in [0.4, 0.5) is 0 Å². The molecule has 0 aliphatic carbocycles. The molecule has 0 amide bonds. The van der Waals surface area contributed by atoms with Crippen molar-refractivity contribution in [2.75, 3.05) is 12.4 Å². The minimum Gasteiger partial charge on any atom is -0.394 e. The quantitative estimate of drug-likeness (QED) is 0.558. The second kappa shape index (κ2) is 5.77. The predicted octanol–water partition coefficient (Wildman–Crippen LogP) is 0.724. The Bertz CT molecular complexity index is 299. The molecule has 1 aromatic heterocycles. The van der Waals surface area contributed by atoms with Gasteiger partial charge in [0.15, 0.2) is 0 Å². The van der Waals surface area contributed by atoms with Crippen molar-refractivity contribution < 1.29 is 5.11 Å². The molecule has 0 aromatic carbocycles. The van der Waals surface area contributed by atoms with Crippen LogP contribution in [0.15, 0.2) is 17.3 Å². The van der Waals surface area contributed by atoms with Crippen LogP contribution in [0.3, 0.4) is 0 Å². The van der Waals surface area contributed by atoms with E-state index in [2.05, 4.69) is 29.0 Å². The predicted molar refractivity (Wildman–Crippen MR) is 55.1 cm³/mol. The fourth-order valence-electron chi connectivity index (χ4n) is 0.804. The van der Waals surface area contributed by atoms with E-state index in [0.717, 1.165) is 22.9 Å². The molecule has 0 atom stereocenters. The first-order chi connectivity index (χ1) is 6.77. The van der Waals surface area contributed by atoms with Crippen LogP contribution in [0.2, 0.25) is 0 Å². The standard InChI is InChI=1S/C8H14N4OS/c1-3-7(2)6-14-8-9-10-11-12(8)4-5-13/h13H,2-6H2,1H3. The lowest BCUT2D eigenvalue weighted by molar-refractivity contribution is 0.262. The normalized spacial score (nSPS) is 10.4. The molecule has 0 spiro atoms. The van der Waals surface area contributed by atoms with Gasteiger partial charge in [-0.15, -0.1) is 5.10 Å². The van der Waals surface area contributed by atoms with Crippen molar-refractivity contribution in [1.29, 1.82) is 0 Å². The van der Waals surface area contributed by atoms with Crippen molar-refractivity contribution in [3.05, 3.63) is 12.2 Å². The summed E-state index contributed by atoms with van der Waals surface area (Å²) < 4.78 is 1.59. The van der Waals surface area contributed by atoms with Crippen LogP contribution < -0.4 is 0 Å². The summed E-state index contributed by atoms with van der Waals surface area (Å²) in [6.07, 6.45) is 0.967. The molecule has 0 fully saturated rings. The Morgan fingerprint density at radius 3 is 3.07 bits per heavy atom. The molecular weight excluding hydrogens is 200 g/mol. The van der Waals surface area contributed by atoms with Gasteiger partial charge in [-0.1, -0.05) is 30.8 Å². The van der Waals surface area contributed by atoms with E-state index in [1.165, 1.54) is 0 Å². The van der Waals surface area contributed by atoms with Crippen molar-refractivity contribution >= 4 is 11.8 Å². The third-order valence-corrected chi connectivity index (χ3v) is 2.82. The average Bonchev–Trinajstić information content (AvgIpc) is 2.62. The van der Waals surface area contributed by atoms with Gasteiger partial charge in [-0.3, -0.25) is 0 Å². The zero-order valence-electron chi connectivity index (χ0n) is 8.18. The number of nitrogens with zero attached hydrogens (tertiary/aromatic N) is 4. The fraction of sp³-hybridized carbons (Fsp3) is 0.625. The smallest absolute Gasteiger partial charge is 0.209 e. The topological polar surface area (TPSA) is 63.8 Å². The first-order valence-electron chi connectivity index (χ1n) is 4.44. The van der Waals surface area contributed by atoms with Gasteiger partial charge in [-0.2, -0.15) is 0 Å². The van der Waals surface area contributed by atoms with Crippen molar-refractivity contribution in [2.24, 2.45) is 0 Å². The molecule has 0 radical (unpaired) electrons. The van der Waals surface area contributed by atoms with E-state index in [0.29, 0.717) is 6.54 Å². The Kier molecular flexibility index (Phi) is 4.61. The van der Waals surface area contributed by atoms with Crippen molar-refractivity contribution in [1.82, 2.24) is 20.2 Å². The van der Waals surface area contributed by atoms with Gasteiger partial charge in [-0.25, -0.2) is 4.68 Å². The van der Waals surface area contributed by atoms with E-state index in [1.54, 1.807) is 16.4 Å². The number of hydrogen-bond acceptors (Lipinski definition) is 5. The summed E-state index contributed by atoms with van der Waals surface area (Å²) in [4.78, 5) is 0. The van der Waals surface area contributed by atoms with Crippen molar-refractivity contribution in [3.8, 4) is 0 Å². The second-order valence-electron chi connectivity index (χ2n) is 2.80. The number of thioether (sulfide) groups is 1. The van der Waals surface area contributed by atoms with Gasteiger partial charge in [0, 0.05) is 5.75 Å². The Morgan fingerprint density at radius 2 is 2.43 bits per heavy atom. The molecule has 0 saturated carbocycles. The van der Waals surface area contributed by atoms with Gasteiger partial charge in [0.05, 0.1) is 13.2 Å². The minimum atomic E-state index is 0.0489. The lowest BCUT2D eigenvalue weighted by Crippen LogP contribution is -2.05. The van der Waals surface area contributed by atoms with E-state index < -0.39 is 0 Å². The van der Waals surface area contributed by atoms with Crippen molar-refractivity contribution in [2.45, 2.75) is 25.0 Å². The molecule has 5 nitrogen and oxygen atoms in total. The molecule has 1 N–H and O–H groups in total. The highest BCUT2D eigenvalue weighted by atomic mass is 32.2. The summed E-state index contributed by atoms with van der Waals surface area (Å²) in [5.41, 5.74) is 1.16. The molecule has 6 heteroatoms. The second-order valence-corrected chi connectivity index (χ2v) is 3.74. The molecule has 0 saturated heterocycles. The van der Waals surface area contributed by atoms with E-state index in [1.807, 2.05) is 0 Å². The molecule has 1 aromatic rings. The summed E-state index contributed by atoms with van der Waals surface area (Å²) in [5.74, 6) is 0.822. The molecule has 0 aliphatic rings. The lowest BCUT2D eigenvalue weighted by atomic mass is 10.3. The van der Waals surface area contributed by atoms with E-state index in [9.17, 15) is 0 Å². The van der Waals surface area contributed by atoms with Crippen LogP contribution in [0.1, 0.15) is 13.3 Å². The third kappa shape index (κ3) is 3.12. The number of aliphatic hydroxyl groups excluding tert-OH is 1. The zero-order chi connectivity index (χ0) is 10.4. The van der Waals surface area contributed by atoms with Gasteiger partial charge in [-0.05, 0) is 16.8 Å². The molecule has 14 heavy (non-hydrogen) atoms. The first-order valence-corrected chi connectivity index (χ1v) is 5.43. The lowest BCUT2D eigenvalue weighted by Gasteiger charge is -2.02. The summed E-state index contributed by atoms with van der Waals surface area (Å²) in [6.45, 7) is 6.46. The average molecular weight is 214 g/mol. The maximum absolute atomic E-state index is 8.74. The maximum Gasteiger partial charge on any atom is 0.209 e. The Morgan fingerprint density at radius 1 is 1.64 bits per heavy atom. The molecule has 0 bridgehead atoms. The van der Waals surface area contributed by atoms with E-state index in [4.69, 9.17) is 5.11 Å². The SMILES string of the molecule is C=C(CC)CSc1nnnn1CCO. The largest absolute Gasteiger partial charge is 0.394 e. The molecule has 0 unspecified atom stereocenters. The number of hydrogen-bond donors (Lipinski definition) is 1. The molecule has 0 aliphatic heterocycles. The Hall–Kier alpha value is -0.880. The number of aromatic nitrogens is 4. The van der Waals surface area contributed by atoms with E-state index in [-0.39, 0.29) is 6.61 Å². The number of aliphatic hydroxyl groups is 1. The van der Waals surface area contributed by atoms with Crippen LogP contribution in [-0.4, -0.2) is 37.7 Å². The highest BCUT2D eigenvalue weighted by Crippen LogP contribution is 2.17. The minimum absolute atomic E-state index is 0.0489. The van der Waals surface area contributed by atoms with Crippen LogP contribution in [0.25, 0.3) is 0 Å². The van der Waals surface area contributed by atoms with Crippen molar-refractivity contribution in [3.63, 3.8) is 0 Å². The molecular formula is C8H14N4OS. The number of rotatable bonds is 6. The molecule has 78 valence electrons. The monoisotopic (exact) mass is 214 g/mol. The Labute approximate surface area is 87.2 Å². The summed E-state index contributed by atoms with van der Waals surface area (Å²) >= 11 is 1.54. The van der Waals surface area contributed by atoms with Gasteiger partial charge < -0.3 is 5.11 Å². The van der Waals surface area contributed by atoms with Crippen LogP contribution in [-0.2, 0) is 6.54 Å². The highest BCUT2D eigenvalue weighted by molar-refractivity contribution is 7.99. The zero-order valence-corrected chi connectivity index (χ0v) is 9.00. The molecule has 1 heterocycles. The van der Waals surface area contributed by atoms with E-state index >= 15 is 0 Å². The highest BCUT2D eigenvalue weighted by Gasteiger charge is 2.05. The van der Waals surface area contributed by atoms with Gasteiger partial charge >= 0.3 is 0 Å². The van der Waals surface area contributed by atoms with Crippen LogP contribution in [0.5, 0.6) is 0 Å². The fourth-order valence-corrected chi connectivity index (χ4v) is 1.71.